The minimum absolute atomic E-state index is 0.0519. The van der Waals surface area contributed by atoms with E-state index in [1.54, 1.807) is 0 Å². The van der Waals surface area contributed by atoms with E-state index in [0.29, 0.717) is 18.2 Å². The Labute approximate surface area is 171 Å². The van der Waals surface area contributed by atoms with Crippen LogP contribution in [0.2, 0.25) is 0 Å². The van der Waals surface area contributed by atoms with Gasteiger partial charge in [-0.1, -0.05) is 0 Å². The molecule has 0 spiro atoms. The molecule has 1 N–H and O–H groups in total. The molecule has 1 saturated heterocycles. The van der Waals surface area contributed by atoms with Gasteiger partial charge in [-0.25, -0.2) is 0 Å². The van der Waals surface area contributed by atoms with Gasteiger partial charge in [-0.3, -0.25) is 19.5 Å². The smallest absolute Gasteiger partial charge is 0.274 e. The zero-order valence-electron chi connectivity index (χ0n) is 17.2. The largest absolute Gasteiger partial charge is 0.376 e. The molecule has 1 saturated carbocycles. The van der Waals surface area contributed by atoms with Crippen molar-refractivity contribution in [3.8, 4) is 0 Å². The molecule has 2 fully saturated rings. The Hall–Kier alpha value is -2.19. The molecular weight excluding hydrogens is 368 g/mol. The maximum Gasteiger partial charge on any atom is 0.274 e. The van der Waals surface area contributed by atoms with Crippen LogP contribution < -0.4 is 0 Å². The summed E-state index contributed by atoms with van der Waals surface area (Å²) in [6.45, 7) is 8.69. The summed E-state index contributed by atoms with van der Waals surface area (Å²) < 4.78 is 7.83. The van der Waals surface area contributed by atoms with Crippen LogP contribution in [0.1, 0.15) is 65.2 Å². The summed E-state index contributed by atoms with van der Waals surface area (Å²) in [6.07, 6.45) is 4.33. The van der Waals surface area contributed by atoms with E-state index in [-0.39, 0.29) is 5.91 Å². The summed E-state index contributed by atoms with van der Waals surface area (Å²) in [5.74, 6) is 0.637. The van der Waals surface area contributed by atoms with E-state index in [0.717, 1.165) is 70.1 Å². The lowest BCUT2D eigenvalue weighted by Crippen LogP contribution is -2.35. The van der Waals surface area contributed by atoms with Gasteiger partial charge in [0.1, 0.15) is 5.69 Å². The molecule has 0 aromatic carbocycles. The number of H-pyrrole nitrogens is 1. The van der Waals surface area contributed by atoms with Crippen molar-refractivity contribution in [1.82, 2.24) is 29.8 Å². The van der Waals surface area contributed by atoms with Gasteiger partial charge in [-0.15, -0.1) is 0 Å². The Morgan fingerprint density at radius 2 is 2.17 bits per heavy atom. The molecule has 4 heterocycles. The number of aromatic nitrogens is 4. The van der Waals surface area contributed by atoms with Crippen molar-refractivity contribution in [2.24, 2.45) is 0 Å². The van der Waals surface area contributed by atoms with E-state index in [1.165, 1.54) is 24.1 Å². The second-order valence-corrected chi connectivity index (χ2v) is 8.39. The van der Waals surface area contributed by atoms with Crippen molar-refractivity contribution < 1.29 is 9.53 Å². The second kappa shape index (κ2) is 7.91. The number of amides is 1. The maximum atomic E-state index is 12.9. The molecule has 2 aromatic rings. The third-order valence-corrected chi connectivity index (χ3v) is 6.36. The van der Waals surface area contributed by atoms with Gasteiger partial charge in [-0.05, 0) is 32.3 Å². The molecule has 3 aliphatic rings. The molecule has 0 radical (unpaired) electrons. The zero-order valence-corrected chi connectivity index (χ0v) is 17.2. The van der Waals surface area contributed by atoms with Crippen LogP contribution in [0.4, 0.5) is 0 Å². The maximum absolute atomic E-state index is 12.9. The number of carbonyl (C=O) groups is 1. The van der Waals surface area contributed by atoms with Crippen LogP contribution in [-0.4, -0.2) is 68.5 Å². The molecule has 8 heteroatoms. The molecule has 156 valence electrons. The molecular formula is C21H30N6O2. The van der Waals surface area contributed by atoms with Crippen molar-refractivity contribution in [3.05, 3.63) is 34.4 Å². The number of nitrogens with zero attached hydrogens (tertiary/aromatic N) is 5. The number of nitrogens with one attached hydrogen (secondary N) is 1. The number of rotatable bonds is 5. The van der Waals surface area contributed by atoms with Crippen LogP contribution >= 0.6 is 0 Å². The number of ether oxygens (including phenoxy) is 1. The van der Waals surface area contributed by atoms with Crippen LogP contribution in [-0.2, 0) is 30.9 Å². The Bertz CT molecular complexity index is 884. The Morgan fingerprint density at radius 1 is 1.28 bits per heavy atom. The Morgan fingerprint density at radius 3 is 3.00 bits per heavy atom. The lowest BCUT2D eigenvalue weighted by molar-refractivity contribution is 0.0755. The van der Waals surface area contributed by atoms with Crippen LogP contribution in [0.15, 0.2) is 6.07 Å². The molecule has 2 aromatic heterocycles. The van der Waals surface area contributed by atoms with Gasteiger partial charge in [0.05, 0.1) is 18.9 Å². The standard InChI is InChI=1S/C21H30N6O2/c1-2-27-20-6-11-29-14-16(20)19(24-27)13-25-7-3-8-26(10-9-25)21(28)18-12-17(22-23-18)15-4-5-15/h12,15H,2-11,13-14H2,1H3,(H,22,23). The highest BCUT2D eigenvalue weighted by Gasteiger charge is 2.29. The highest BCUT2D eigenvalue weighted by molar-refractivity contribution is 5.92. The van der Waals surface area contributed by atoms with E-state index < -0.39 is 0 Å². The van der Waals surface area contributed by atoms with E-state index in [1.807, 2.05) is 11.0 Å². The molecule has 5 rings (SSSR count). The van der Waals surface area contributed by atoms with Crippen LogP contribution in [0.3, 0.4) is 0 Å². The normalized spacial score (nSPS) is 20.5. The third-order valence-electron chi connectivity index (χ3n) is 6.36. The van der Waals surface area contributed by atoms with Crippen molar-refractivity contribution in [3.63, 3.8) is 0 Å². The lowest BCUT2D eigenvalue weighted by Gasteiger charge is -2.21. The fourth-order valence-electron chi connectivity index (χ4n) is 4.52. The number of aromatic amines is 1. The van der Waals surface area contributed by atoms with Gasteiger partial charge in [0.15, 0.2) is 0 Å². The van der Waals surface area contributed by atoms with Gasteiger partial charge in [-0.2, -0.15) is 10.2 Å². The van der Waals surface area contributed by atoms with Gasteiger partial charge in [0.2, 0.25) is 0 Å². The summed E-state index contributed by atoms with van der Waals surface area (Å²) in [5, 5.41) is 12.2. The first-order valence-corrected chi connectivity index (χ1v) is 10.9. The van der Waals surface area contributed by atoms with Gasteiger partial charge < -0.3 is 9.64 Å². The quantitative estimate of drug-likeness (QED) is 0.833. The highest BCUT2D eigenvalue weighted by atomic mass is 16.5. The minimum atomic E-state index is 0.0519. The summed E-state index contributed by atoms with van der Waals surface area (Å²) in [7, 11) is 0. The van der Waals surface area contributed by atoms with Crippen molar-refractivity contribution in [2.45, 2.75) is 58.2 Å². The average molecular weight is 399 g/mol. The molecule has 0 atom stereocenters. The number of hydrogen-bond donors (Lipinski definition) is 1. The molecule has 8 nitrogen and oxygen atoms in total. The predicted octanol–water partition coefficient (Wildman–Crippen LogP) is 1.92. The summed E-state index contributed by atoms with van der Waals surface area (Å²) in [4.78, 5) is 17.3. The first-order valence-electron chi connectivity index (χ1n) is 10.9. The second-order valence-electron chi connectivity index (χ2n) is 8.39. The van der Waals surface area contributed by atoms with Crippen LogP contribution in [0, 0.1) is 0 Å². The monoisotopic (exact) mass is 398 g/mol. The molecule has 0 bridgehead atoms. The van der Waals surface area contributed by atoms with E-state index in [9.17, 15) is 4.79 Å². The summed E-state index contributed by atoms with van der Waals surface area (Å²) >= 11 is 0. The Balaban J connectivity index is 1.23. The van der Waals surface area contributed by atoms with Crippen LogP contribution in [0.5, 0.6) is 0 Å². The van der Waals surface area contributed by atoms with Gasteiger partial charge in [0.25, 0.3) is 5.91 Å². The molecule has 1 amide bonds. The first kappa shape index (κ1) is 18.8. The van der Waals surface area contributed by atoms with Crippen molar-refractivity contribution in [2.75, 3.05) is 32.8 Å². The zero-order chi connectivity index (χ0) is 19.8. The SMILES string of the molecule is CCn1nc(CN2CCCN(C(=O)c3cc(C4CC4)[nH]n3)CC2)c2c1CCOC2. The average Bonchev–Trinajstić information content (AvgIpc) is 3.44. The molecule has 0 unspecified atom stereocenters. The van der Waals surface area contributed by atoms with E-state index in [2.05, 4.69) is 26.7 Å². The van der Waals surface area contributed by atoms with Crippen molar-refractivity contribution >= 4 is 5.91 Å². The number of aryl methyl sites for hydroxylation is 1. The lowest BCUT2D eigenvalue weighted by atomic mass is 10.1. The topological polar surface area (TPSA) is 79.3 Å². The molecule has 29 heavy (non-hydrogen) atoms. The summed E-state index contributed by atoms with van der Waals surface area (Å²) in [6, 6.07) is 1.95. The predicted molar refractivity (Wildman–Crippen MR) is 108 cm³/mol. The van der Waals surface area contributed by atoms with E-state index >= 15 is 0 Å². The number of hydrogen-bond acceptors (Lipinski definition) is 5. The third kappa shape index (κ3) is 3.83. The number of fused-ring (bicyclic) bond motifs is 1. The number of carbonyl (C=O) groups excluding carboxylic acids is 1. The summed E-state index contributed by atoms with van der Waals surface area (Å²) in [5.41, 5.74) is 5.43. The van der Waals surface area contributed by atoms with E-state index in [4.69, 9.17) is 9.84 Å². The van der Waals surface area contributed by atoms with Crippen LogP contribution in [0.25, 0.3) is 0 Å². The van der Waals surface area contributed by atoms with Gasteiger partial charge in [0, 0.05) is 68.6 Å². The van der Waals surface area contributed by atoms with Gasteiger partial charge >= 0.3 is 0 Å². The first-order chi connectivity index (χ1) is 14.2. The highest BCUT2D eigenvalue weighted by Crippen LogP contribution is 2.39. The van der Waals surface area contributed by atoms with Crippen molar-refractivity contribution in [1.29, 1.82) is 0 Å². The Kier molecular flexibility index (Phi) is 5.13. The molecule has 2 aliphatic heterocycles. The molecule has 1 aliphatic carbocycles. The fraction of sp³-hybridized carbons (Fsp3) is 0.667. The minimum Gasteiger partial charge on any atom is -0.376 e. The fourth-order valence-corrected chi connectivity index (χ4v) is 4.52.